The lowest BCUT2D eigenvalue weighted by Gasteiger charge is -2.15. The maximum absolute atomic E-state index is 12.8. The van der Waals surface area contributed by atoms with Crippen molar-refractivity contribution in [1.29, 1.82) is 0 Å². The van der Waals surface area contributed by atoms with Crippen molar-refractivity contribution >= 4 is 16.8 Å². The molecule has 0 spiro atoms. The summed E-state index contributed by atoms with van der Waals surface area (Å²) in [5, 5.41) is 1.06. The van der Waals surface area contributed by atoms with Crippen LogP contribution in [0.2, 0.25) is 0 Å². The molecule has 1 aromatic carbocycles. The van der Waals surface area contributed by atoms with Gasteiger partial charge in [0, 0.05) is 43.3 Å². The Morgan fingerprint density at radius 3 is 2.79 bits per heavy atom. The van der Waals surface area contributed by atoms with Crippen molar-refractivity contribution in [1.82, 2.24) is 19.4 Å². The molecule has 4 aromatic rings. The van der Waals surface area contributed by atoms with E-state index >= 15 is 0 Å². The molecule has 0 aliphatic carbocycles. The lowest BCUT2D eigenvalue weighted by Crippen LogP contribution is -2.23. The van der Waals surface area contributed by atoms with Gasteiger partial charge in [-0.05, 0) is 41.5 Å². The predicted octanol–water partition coefficient (Wildman–Crippen LogP) is 3.59. The topological polar surface area (TPSA) is 60.2 Å². The highest BCUT2D eigenvalue weighted by molar-refractivity contribution is 5.98. The summed E-state index contributed by atoms with van der Waals surface area (Å²) in [6.45, 7) is 1.14. The number of hydrogen-bond acceptors (Lipinski definition) is 4. The predicted molar refractivity (Wildman–Crippen MR) is 105 cm³/mol. The van der Waals surface area contributed by atoms with Gasteiger partial charge in [-0.15, -0.1) is 0 Å². The van der Waals surface area contributed by atoms with Crippen LogP contribution in [-0.4, -0.2) is 32.5 Å². The molecule has 0 atom stereocenters. The molecule has 3 aromatic heterocycles. The molecule has 0 N–H and O–H groups in total. The van der Waals surface area contributed by atoms with Crippen molar-refractivity contribution in [2.24, 2.45) is 0 Å². The average molecular weight is 370 g/mol. The van der Waals surface area contributed by atoms with Crippen LogP contribution in [-0.2, 0) is 13.1 Å². The fourth-order valence-corrected chi connectivity index (χ4v) is 3.65. The van der Waals surface area contributed by atoms with Gasteiger partial charge in [0.15, 0.2) is 0 Å². The smallest absolute Gasteiger partial charge is 0.256 e. The van der Waals surface area contributed by atoms with Gasteiger partial charge in [0.1, 0.15) is 11.6 Å². The average Bonchev–Trinajstić information content (AvgIpc) is 3.30. The third kappa shape index (κ3) is 2.70. The molecule has 1 aliphatic heterocycles. The minimum Gasteiger partial charge on any atom is -0.497 e. The van der Waals surface area contributed by atoms with Crippen LogP contribution in [0.15, 0.2) is 67.3 Å². The molecule has 1 amide bonds. The van der Waals surface area contributed by atoms with E-state index < -0.39 is 0 Å². The summed E-state index contributed by atoms with van der Waals surface area (Å²) in [4.78, 5) is 23.3. The molecule has 0 saturated heterocycles. The molecule has 0 radical (unpaired) electrons. The Balaban J connectivity index is 1.43. The fourth-order valence-electron chi connectivity index (χ4n) is 3.65. The number of carbonyl (C=O) groups excluding carboxylic acids is 1. The van der Waals surface area contributed by atoms with Gasteiger partial charge < -0.3 is 14.2 Å². The number of ether oxygens (including phenoxy) is 1. The van der Waals surface area contributed by atoms with Crippen LogP contribution in [0.3, 0.4) is 0 Å². The van der Waals surface area contributed by atoms with Gasteiger partial charge in [-0.3, -0.25) is 9.78 Å². The number of aromatic nitrogens is 3. The zero-order valence-electron chi connectivity index (χ0n) is 15.4. The van der Waals surface area contributed by atoms with Crippen LogP contribution in [0.1, 0.15) is 21.5 Å². The largest absolute Gasteiger partial charge is 0.497 e. The Kier molecular flexibility index (Phi) is 3.83. The molecule has 0 fully saturated rings. The molecular weight excluding hydrogens is 352 g/mol. The van der Waals surface area contributed by atoms with Crippen LogP contribution in [0.5, 0.6) is 5.75 Å². The molecule has 138 valence electrons. The second-order valence-electron chi connectivity index (χ2n) is 6.83. The molecule has 6 nitrogen and oxygen atoms in total. The number of hydrogen-bond donors (Lipinski definition) is 0. The van der Waals surface area contributed by atoms with Gasteiger partial charge in [-0.2, -0.15) is 0 Å². The quantitative estimate of drug-likeness (QED) is 0.551. The third-order valence-corrected chi connectivity index (χ3v) is 5.12. The molecule has 0 unspecified atom stereocenters. The highest BCUT2D eigenvalue weighted by Crippen LogP contribution is 2.27. The highest BCUT2D eigenvalue weighted by atomic mass is 16.5. The Hall–Kier alpha value is -3.67. The number of nitrogens with zero attached hydrogens (tertiary/aromatic N) is 4. The number of pyridine rings is 2. The minimum atomic E-state index is 0.0198. The summed E-state index contributed by atoms with van der Waals surface area (Å²) < 4.78 is 7.22. The van der Waals surface area contributed by atoms with Crippen molar-refractivity contribution in [2.75, 3.05) is 7.11 Å². The second kappa shape index (κ2) is 6.49. The van der Waals surface area contributed by atoms with Crippen molar-refractivity contribution in [3.63, 3.8) is 0 Å². The van der Waals surface area contributed by atoms with E-state index in [2.05, 4.69) is 9.97 Å². The van der Waals surface area contributed by atoms with E-state index in [0.717, 1.165) is 33.6 Å². The van der Waals surface area contributed by atoms with Crippen LogP contribution in [0, 0.1) is 0 Å². The van der Waals surface area contributed by atoms with Crippen molar-refractivity contribution < 1.29 is 9.53 Å². The molecule has 28 heavy (non-hydrogen) atoms. The SMILES string of the molecule is COc1ccc(CN2Cc3cc(-n4ccc5cnccc54)ncc3C2=O)cc1. The van der Waals surface area contributed by atoms with E-state index in [9.17, 15) is 4.79 Å². The number of amides is 1. The van der Waals surface area contributed by atoms with Crippen LogP contribution in [0.25, 0.3) is 16.7 Å². The Morgan fingerprint density at radius 2 is 1.96 bits per heavy atom. The third-order valence-electron chi connectivity index (χ3n) is 5.12. The molecule has 0 bridgehead atoms. The maximum Gasteiger partial charge on any atom is 0.256 e. The Morgan fingerprint density at radius 1 is 1.11 bits per heavy atom. The number of rotatable bonds is 4. The van der Waals surface area contributed by atoms with E-state index in [-0.39, 0.29) is 5.91 Å². The van der Waals surface area contributed by atoms with E-state index in [4.69, 9.17) is 4.74 Å². The molecule has 1 aliphatic rings. The van der Waals surface area contributed by atoms with Gasteiger partial charge in [-0.1, -0.05) is 12.1 Å². The van der Waals surface area contributed by atoms with Gasteiger partial charge in [0.2, 0.25) is 0 Å². The van der Waals surface area contributed by atoms with Gasteiger partial charge >= 0.3 is 0 Å². The number of methoxy groups -OCH3 is 1. The lowest BCUT2D eigenvalue weighted by atomic mass is 10.2. The van der Waals surface area contributed by atoms with Crippen molar-refractivity contribution in [3.8, 4) is 11.6 Å². The standard InChI is InChI=1S/C22H18N4O2/c1-28-18-4-2-15(3-5-18)13-25-14-17-10-21(24-12-19(17)22(25)27)26-9-7-16-11-23-8-6-20(16)26/h2-12H,13-14H2,1H3. The van der Waals surface area contributed by atoms with Crippen LogP contribution < -0.4 is 4.74 Å². The van der Waals surface area contributed by atoms with Crippen molar-refractivity contribution in [3.05, 3.63) is 83.9 Å². The fraction of sp³-hybridized carbons (Fsp3) is 0.136. The summed E-state index contributed by atoms with van der Waals surface area (Å²) in [5.74, 6) is 1.63. The van der Waals surface area contributed by atoms with Gasteiger partial charge in [-0.25, -0.2) is 4.98 Å². The first-order valence-corrected chi connectivity index (χ1v) is 9.05. The molecule has 6 heteroatoms. The summed E-state index contributed by atoms with van der Waals surface area (Å²) >= 11 is 0. The Bertz CT molecular complexity index is 1180. The van der Waals surface area contributed by atoms with Gasteiger partial charge in [0.25, 0.3) is 5.91 Å². The minimum absolute atomic E-state index is 0.0198. The lowest BCUT2D eigenvalue weighted by molar-refractivity contribution is 0.0766. The summed E-state index contributed by atoms with van der Waals surface area (Å²) in [5.41, 5.74) is 3.79. The monoisotopic (exact) mass is 370 g/mol. The maximum atomic E-state index is 12.8. The van der Waals surface area contributed by atoms with E-state index in [1.165, 1.54) is 0 Å². The molecule has 4 heterocycles. The first-order valence-electron chi connectivity index (χ1n) is 9.05. The van der Waals surface area contributed by atoms with Crippen LogP contribution in [0.4, 0.5) is 0 Å². The Labute approximate surface area is 162 Å². The first-order chi connectivity index (χ1) is 13.7. The molecule has 5 rings (SSSR count). The summed E-state index contributed by atoms with van der Waals surface area (Å²) in [6, 6.07) is 13.8. The van der Waals surface area contributed by atoms with E-state index in [0.29, 0.717) is 18.7 Å². The molecule has 0 saturated carbocycles. The number of carbonyl (C=O) groups is 1. The zero-order chi connectivity index (χ0) is 19.1. The van der Waals surface area contributed by atoms with Crippen LogP contribution >= 0.6 is 0 Å². The zero-order valence-corrected chi connectivity index (χ0v) is 15.4. The number of fused-ring (bicyclic) bond motifs is 2. The summed E-state index contributed by atoms with van der Waals surface area (Å²) in [6.07, 6.45) is 7.27. The summed E-state index contributed by atoms with van der Waals surface area (Å²) in [7, 11) is 1.64. The number of benzene rings is 1. The first kappa shape index (κ1) is 16.5. The van der Waals surface area contributed by atoms with Gasteiger partial charge in [0.05, 0.1) is 18.2 Å². The van der Waals surface area contributed by atoms with Crippen molar-refractivity contribution in [2.45, 2.75) is 13.1 Å². The van der Waals surface area contributed by atoms with E-state index in [1.54, 1.807) is 19.5 Å². The van der Waals surface area contributed by atoms with E-state index in [1.807, 2.05) is 64.3 Å². The second-order valence-corrected chi connectivity index (χ2v) is 6.83. The highest BCUT2D eigenvalue weighted by Gasteiger charge is 2.28. The normalized spacial score (nSPS) is 13.2. The molecular formula is C22H18N4O2.